The monoisotopic (exact) mass is 374 g/mol. The van der Waals surface area contributed by atoms with Crippen LogP contribution in [0.3, 0.4) is 0 Å². The molecule has 0 amide bonds. The summed E-state index contributed by atoms with van der Waals surface area (Å²) in [5.41, 5.74) is 1.38. The fraction of sp³-hybridized carbons (Fsp3) is 0.600. The molecular weight excluding hydrogens is 351 g/mol. The van der Waals surface area contributed by atoms with Crippen LogP contribution >= 0.6 is 22.6 Å². The van der Waals surface area contributed by atoms with Gasteiger partial charge < -0.3 is 4.74 Å². The highest BCUT2D eigenvalue weighted by Crippen LogP contribution is 2.22. The Morgan fingerprint density at radius 1 is 1.21 bits per heavy atom. The molecule has 19 heavy (non-hydrogen) atoms. The van der Waals surface area contributed by atoms with E-state index in [-0.39, 0.29) is 0 Å². The van der Waals surface area contributed by atoms with Crippen molar-refractivity contribution in [2.24, 2.45) is 0 Å². The summed E-state index contributed by atoms with van der Waals surface area (Å²) in [4.78, 5) is 5.09. The van der Waals surface area contributed by atoms with E-state index in [1.54, 1.807) is 7.11 Å². The van der Waals surface area contributed by atoms with Gasteiger partial charge in [-0.25, -0.2) is 0 Å². The Balaban J connectivity index is 1.90. The second-order valence-electron chi connectivity index (χ2n) is 5.37. The lowest BCUT2D eigenvalue weighted by Crippen LogP contribution is -2.48. The van der Waals surface area contributed by atoms with Crippen molar-refractivity contribution in [1.29, 1.82) is 0 Å². The minimum absolute atomic E-state index is 0.670. The van der Waals surface area contributed by atoms with E-state index in [1.165, 1.54) is 35.3 Å². The summed E-state index contributed by atoms with van der Waals surface area (Å²) >= 11 is 2.34. The van der Waals surface area contributed by atoms with E-state index in [2.05, 4.69) is 64.4 Å². The minimum Gasteiger partial charge on any atom is -0.496 e. The number of hydrogen-bond donors (Lipinski definition) is 0. The smallest absolute Gasteiger partial charge is 0.132 e. The van der Waals surface area contributed by atoms with Crippen LogP contribution in [0, 0.1) is 3.57 Å². The van der Waals surface area contributed by atoms with Gasteiger partial charge in [-0.3, -0.25) is 9.80 Å². The Morgan fingerprint density at radius 2 is 1.89 bits per heavy atom. The third-order valence-corrected chi connectivity index (χ3v) is 4.60. The Kier molecular flexibility index (Phi) is 5.47. The van der Waals surface area contributed by atoms with Crippen LogP contribution in [0.5, 0.6) is 5.75 Å². The number of ether oxygens (including phenoxy) is 1. The third kappa shape index (κ3) is 4.07. The van der Waals surface area contributed by atoms with Crippen molar-refractivity contribution < 1.29 is 4.74 Å². The molecular formula is C15H23IN2O. The third-order valence-electron chi connectivity index (χ3n) is 3.76. The quantitative estimate of drug-likeness (QED) is 0.754. The molecule has 0 unspecified atom stereocenters. The van der Waals surface area contributed by atoms with Gasteiger partial charge >= 0.3 is 0 Å². The zero-order valence-electron chi connectivity index (χ0n) is 12.0. The SMILES string of the molecule is COc1ccc(CN2CCN(C(C)C)CC2)cc1I. The molecule has 0 radical (unpaired) electrons. The maximum Gasteiger partial charge on any atom is 0.132 e. The Labute approximate surface area is 130 Å². The molecule has 1 aromatic carbocycles. The second-order valence-corrected chi connectivity index (χ2v) is 6.54. The van der Waals surface area contributed by atoms with Crippen molar-refractivity contribution in [3.05, 3.63) is 27.3 Å². The molecule has 0 saturated carbocycles. The highest BCUT2D eigenvalue weighted by Gasteiger charge is 2.18. The summed E-state index contributed by atoms with van der Waals surface area (Å²) in [5.74, 6) is 0.967. The number of halogens is 1. The van der Waals surface area contributed by atoms with Gasteiger partial charge in [0, 0.05) is 38.8 Å². The fourth-order valence-electron chi connectivity index (χ4n) is 2.50. The topological polar surface area (TPSA) is 15.7 Å². The summed E-state index contributed by atoms with van der Waals surface area (Å²) in [7, 11) is 1.72. The first-order valence-corrected chi connectivity index (χ1v) is 7.97. The summed E-state index contributed by atoms with van der Waals surface area (Å²) in [5, 5.41) is 0. The van der Waals surface area contributed by atoms with Gasteiger partial charge in [0.15, 0.2) is 0 Å². The average Bonchev–Trinajstić information content (AvgIpc) is 2.39. The Hall–Kier alpha value is -0.330. The zero-order valence-corrected chi connectivity index (χ0v) is 14.2. The number of piperazine rings is 1. The summed E-state index contributed by atoms with van der Waals surface area (Å²) in [6.45, 7) is 10.3. The van der Waals surface area contributed by atoms with Crippen molar-refractivity contribution in [3.8, 4) is 5.75 Å². The molecule has 106 valence electrons. The standard InChI is InChI=1S/C15H23IN2O/c1-12(2)18-8-6-17(7-9-18)11-13-4-5-15(19-3)14(16)10-13/h4-5,10,12H,6-9,11H2,1-3H3. The van der Waals surface area contributed by atoms with E-state index in [0.717, 1.165) is 12.3 Å². The van der Waals surface area contributed by atoms with E-state index in [1.807, 2.05) is 0 Å². The Morgan fingerprint density at radius 3 is 2.42 bits per heavy atom. The van der Waals surface area contributed by atoms with Crippen LogP contribution in [0.1, 0.15) is 19.4 Å². The van der Waals surface area contributed by atoms with Crippen LogP contribution in [-0.2, 0) is 6.54 Å². The molecule has 0 atom stereocenters. The van der Waals surface area contributed by atoms with Gasteiger partial charge in [-0.2, -0.15) is 0 Å². The second kappa shape index (κ2) is 6.90. The van der Waals surface area contributed by atoms with Gasteiger partial charge in [0.1, 0.15) is 5.75 Å². The summed E-state index contributed by atoms with van der Waals surface area (Å²) in [6.07, 6.45) is 0. The number of rotatable bonds is 4. The molecule has 0 aliphatic carbocycles. The summed E-state index contributed by atoms with van der Waals surface area (Å²) in [6, 6.07) is 7.15. The van der Waals surface area contributed by atoms with E-state index >= 15 is 0 Å². The predicted molar refractivity (Wildman–Crippen MR) is 87.7 cm³/mol. The summed E-state index contributed by atoms with van der Waals surface area (Å²) < 4.78 is 6.50. The van der Waals surface area contributed by atoms with Gasteiger partial charge in [-0.05, 0) is 54.1 Å². The largest absolute Gasteiger partial charge is 0.496 e. The molecule has 1 aromatic rings. The average molecular weight is 374 g/mol. The molecule has 1 aliphatic rings. The molecule has 2 rings (SSSR count). The lowest BCUT2D eigenvalue weighted by atomic mass is 10.2. The van der Waals surface area contributed by atoms with Crippen LogP contribution in [0.25, 0.3) is 0 Å². The highest BCUT2D eigenvalue weighted by atomic mass is 127. The molecule has 1 aliphatic heterocycles. The zero-order chi connectivity index (χ0) is 13.8. The predicted octanol–water partition coefficient (Wildman–Crippen LogP) is 2.83. The van der Waals surface area contributed by atoms with E-state index in [9.17, 15) is 0 Å². The molecule has 4 heteroatoms. The van der Waals surface area contributed by atoms with Crippen LogP contribution in [0.2, 0.25) is 0 Å². The fourth-order valence-corrected chi connectivity index (χ4v) is 3.30. The number of hydrogen-bond acceptors (Lipinski definition) is 3. The molecule has 0 aromatic heterocycles. The maximum absolute atomic E-state index is 5.30. The molecule has 3 nitrogen and oxygen atoms in total. The molecule has 1 fully saturated rings. The number of benzene rings is 1. The van der Waals surface area contributed by atoms with Crippen LogP contribution in [0.4, 0.5) is 0 Å². The van der Waals surface area contributed by atoms with Crippen LogP contribution in [-0.4, -0.2) is 49.1 Å². The van der Waals surface area contributed by atoms with Crippen molar-refractivity contribution in [2.75, 3.05) is 33.3 Å². The highest BCUT2D eigenvalue weighted by molar-refractivity contribution is 14.1. The van der Waals surface area contributed by atoms with E-state index in [0.29, 0.717) is 6.04 Å². The maximum atomic E-state index is 5.30. The first-order chi connectivity index (χ1) is 9.10. The van der Waals surface area contributed by atoms with Gasteiger partial charge in [0.2, 0.25) is 0 Å². The van der Waals surface area contributed by atoms with Gasteiger partial charge in [-0.1, -0.05) is 6.07 Å². The lowest BCUT2D eigenvalue weighted by molar-refractivity contribution is 0.104. The van der Waals surface area contributed by atoms with Crippen LogP contribution < -0.4 is 4.74 Å². The molecule has 1 heterocycles. The normalized spacial score (nSPS) is 17.9. The van der Waals surface area contributed by atoms with Crippen molar-refractivity contribution >= 4 is 22.6 Å². The lowest BCUT2D eigenvalue weighted by Gasteiger charge is -2.37. The van der Waals surface area contributed by atoms with Gasteiger partial charge in [0.25, 0.3) is 0 Å². The first kappa shape index (κ1) is 15.1. The van der Waals surface area contributed by atoms with E-state index < -0.39 is 0 Å². The van der Waals surface area contributed by atoms with Crippen molar-refractivity contribution in [2.45, 2.75) is 26.4 Å². The van der Waals surface area contributed by atoms with Crippen molar-refractivity contribution in [1.82, 2.24) is 9.80 Å². The number of nitrogens with zero attached hydrogens (tertiary/aromatic N) is 2. The van der Waals surface area contributed by atoms with Gasteiger partial charge in [0.05, 0.1) is 10.7 Å². The molecule has 1 saturated heterocycles. The number of methoxy groups -OCH3 is 1. The molecule has 0 spiro atoms. The first-order valence-electron chi connectivity index (χ1n) is 6.89. The van der Waals surface area contributed by atoms with Crippen molar-refractivity contribution in [3.63, 3.8) is 0 Å². The minimum atomic E-state index is 0.670. The van der Waals surface area contributed by atoms with Crippen LogP contribution in [0.15, 0.2) is 18.2 Å². The molecule has 0 bridgehead atoms. The molecule has 0 N–H and O–H groups in total. The Bertz CT molecular complexity index is 415. The van der Waals surface area contributed by atoms with E-state index in [4.69, 9.17) is 4.74 Å². The van der Waals surface area contributed by atoms with Gasteiger partial charge in [-0.15, -0.1) is 0 Å².